The molecule has 100 valence electrons. The second kappa shape index (κ2) is 5.34. The quantitative estimate of drug-likeness (QED) is 0.830. The van der Waals surface area contributed by atoms with E-state index in [9.17, 15) is 4.79 Å². The van der Waals surface area contributed by atoms with Gasteiger partial charge in [0.2, 0.25) is 11.1 Å². The maximum absolute atomic E-state index is 11.8. The number of nitrogens with zero attached hydrogens (tertiary/aromatic N) is 2. The summed E-state index contributed by atoms with van der Waals surface area (Å²) in [6, 6.07) is 4.36. The van der Waals surface area contributed by atoms with Crippen molar-refractivity contribution in [3.8, 4) is 10.7 Å². The maximum Gasteiger partial charge on any atom is 0.233 e. The standard InChI is InChI=1S/C12H14N4OS2/c1-7(11(17)13-8-4-5-8)19-12-14-10(15-16-12)9-3-2-6-18-9/h2-3,6-8H,4-5H2,1H3,(H,13,17)(H,14,15,16)/t7-/m0/s1. The molecule has 2 heterocycles. The van der Waals surface area contributed by atoms with Crippen LogP contribution in [-0.2, 0) is 4.79 Å². The minimum Gasteiger partial charge on any atom is -0.352 e. The lowest BCUT2D eigenvalue weighted by Crippen LogP contribution is -2.32. The van der Waals surface area contributed by atoms with E-state index < -0.39 is 0 Å². The van der Waals surface area contributed by atoms with Crippen molar-refractivity contribution < 1.29 is 4.79 Å². The fourth-order valence-corrected chi connectivity index (χ4v) is 2.98. The SMILES string of the molecule is C[C@H](Sc1n[nH]c(-c2cccs2)n1)C(=O)NC1CC1. The average molecular weight is 294 g/mol. The van der Waals surface area contributed by atoms with Crippen molar-refractivity contribution >= 4 is 29.0 Å². The molecule has 1 saturated carbocycles. The lowest BCUT2D eigenvalue weighted by molar-refractivity contribution is -0.120. The van der Waals surface area contributed by atoms with Gasteiger partial charge in [0.05, 0.1) is 10.1 Å². The van der Waals surface area contributed by atoms with Crippen LogP contribution in [0, 0.1) is 0 Å². The van der Waals surface area contributed by atoms with E-state index in [1.54, 1.807) is 11.3 Å². The number of carbonyl (C=O) groups is 1. The number of aromatic nitrogens is 3. The van der Waals surface area contributed by atoms with Gasteiger partial charge < -0.3 is 5.32 Å². The van der Waals surface area contributed by atoms with E-state index in [2.05, 4.69) is 20.5 Å². The van der Waals surface area contributed by atoms with Gasteiger partial charge in [0.25, 0.3) is 0 Å². The third kappa shape index (κ3) is 3.16. The Balaban J connectivity index is 1.61. The number of nitrogens with one attached hydrogen (secondary N) is 2. The lowest BCUT2D eigenvalue weighted by atomic mass is 10.4. The van der Waals surface area contributed by atoms with E-state index >= 15 is 0 Å². The van der Waals surface area contributed by atoms with Crippen molar-refractivity contribution in [1.29, 1.82) is 0 Å². The van der Waals surface area contributed by atoms with E-state index in [-0.39, 0.29) is 11.2 Å². The smallest absolute Gasteiger partial charge is 0.233 e. The Kier molecular flexibility index (Phi) is 3.56. The zero-order valence-electron chi connectivity index (χ0n) is 10.4. The molecule has 1 aliphatic rings. The maximum atomic E-state index is 11.8. The van der Waals surface area contributed by atoms with Crippen LogP contribution < -0.4 is 5.32 Å². The van der Waals surface area contributed by atoms with Crippen LogP contribution in [0.15, 0.2) is 22.7 Å². The summed E-state index contributed by atoms with van der Waals surface area (Å²) in [7, 11) is 0. The predicted octanol–water partition coefficient (Wildman–Crippen LogP) is 2.29. The van der Waals surface area contributed by atoms with E-state index in [0.29, 0.717) is 11.2 Å². The van der Waals surface area contributed by atoms with E-state index in [1.807, 2.05) is 24.4 Å². The number of carbonyl (C=O) groups excluding carboxylic acids is 1. The van der Waals surface area contributed by atoms with Crippen LogP contribution in [0.4, 0.5) is 0 Å². The van der Waals surface area contributed by atoms with E-state index in [4.69, 9.17) is 0 Å². The van der Waals surface area contributed by atoms with E-state index in [1.165, 1.54) is 11.8 Å². The van der Waals surface area contributed by atoms with Gasteiger partial charge >= 0.3 is 0 Å². The van der Waals surface area contributed by atoms with Crippen LogP contribution in [0.2, 0.25) is 0 Å². The molecule has 0 aliphatic heterocycles. The molecule has 1 amide bonds. The summed E-state index contributed by atoms with van der Waals surface area (Å²) in [5.41, 5.74) is 0. The summed E-state index contributed by atoms with van der Waals surface area (Å²) < 4.78 is 0. The van der Waals surface area contributed by atoms with Gasteiger partial charge in [-0.2, -0.15) is 0 Å². The first-order chi connectivity index (χ1) is 9.22. The summed E-state index contributed by atoms with van der Waals surface area (Å²) in [5, 5.41) is 12.5. The van der Waals surface area contributed by atoms with Gasteiger partial charge in [-0.05, 0) is 31.2 Å². The summed E-state index contributed by atoms with van der Waals surface area (Å²) in [6.07, 6.45) is 2.21. The van der Waals surface area contributed by atoms with Gasteiger partial charge in [-0.25, -0.2) is 4.98 Å². The number of hydrogen-bond acceptors (Lipinski definition) is 5. The van der Waals surface area contributed by atoms with Crippen molar-refractivity contribution in [1.82, 2.24) is 20.5 Å². The van der Waals surface area contributed by atoms with E-state index in [0.717, 1.165) is 23.5 Å². The summed E-state index contributed by atoms with van der Waals surface area (Å²) in [4.78, 5) is 17.3. The zero-order valence-corrected chi connectivity index (χ0v) is 12.1. The number of aromatic amines is 1. The molecule has 0 radical (unpaired) electrons. The molecule has 2 aromatic heterocycles. The molecular weight excluding hydrogens is 280 g/mol. The Labute approximate surface area is 119 Å². The number of rotatable bonds is 5. The highest BCUT2D eigenvalue weighted by Crippen LogP contribution is 2.26. The summed E-state index contributed by atoms with van der Waals surface area (Å²) >= 11 is 2.99. The minimum atomic E-state index is -0.174. The molecule has 1 aliphatic carbocycles. The Morgan fingerprint density at radius 1 is 1.63 bits per heavy atom. The molecule has 7 heteroatoms. The van der Waals surface area contributed by atoms with Crippen LogP contribution in [0.1, 0.15) is 19.8 Å². The second-order valence-electron chi connectivity index (χ2n) is 4.49. The highest BCUT2D eigenvalue weighted by molar-refractivity contribution is 8.00. The predicted molar refractivity (Wildman–Crippen MR) is 76.2 cm³/mol. The van der Waals surface area contributed by atoms with Crippen molar-refractivity contribution in [3.63, 3.8) is 0 Å². The molecule has 0 bridgehead atoms. The minimum absolute atomic E-state index is 0.0648. The molecule has 1 atom stereocenters. The van der Waals surface area contributed by atoms with Crippen LogP contribution in [0.25, 0.3) is 10.7 Å². The van der Waals surface area contributed by atoms with Crippen molar-refractivity contribution in [2.24, 2.45) is 0 Å². The van der Waals surface area contributed by atoms with Crippen LogP contribution >= 0.6 is 23.1 Å². The summed E-state index contributed by atoms with van der Waals surface area (Å²) in [5.74, 6) is 0.822. The lowest BCUT2D eigenvalue weighted by Gasteiger charge is -2.08. The molecule has 3 rings (SSSR count). The highest BCUT2D eigenvalue weighted by atomic mass is 32.2. The fraction of sp³-hybridized carbons (Fsp3) is 0.417. The van der Waals surface area contributed by atoms with Crippen molar-refractivity contribution in [2.45, 2.75) is 36.2 Å². The van der Waals surface area contributed by atoms with Gasteiger partial charge in [-0.3, -0.25) is 9.89 Å². The molecule has 0 saturated heterocycles. The molecule has 19 heavy (non-hydrogen) atoms. The molecule has 1 fully saturated rings. The van der Waals surface area contributed by atoms with Gasteiger partial charge in [0.15, 0.2) is 5.82 Å². The Morgan fingerprint density at radius 3 is 3.16 bits per heavy atom. The first-order valence-electron chi connectivity index (χ1n) is 6.15. The molecular formula is C12H14N4OS2. The first kappa shape index (κ1) is 12.7. The van der Waals surface area contributed by atoms with Crippen LogP contribution in [0.5, 0.6) is 0 Å². The van der Waals surface area contributed by atoms with Gasteiger partial charge in [0.1, 0.15) is 0 Å². The topological polar surface area (TPSA) is 70.7 Å². The average Bonchev–Trinajstić information content (AvgIpc) is 2.90. The summed E-state index contributed by atoms with van der Waals surface area (Å²) in [6.45, 7) is 1.88. The molecule has 2 aromatic rings. The van der Waals surface area contributed by atoms with Gasteiger partial charge in [-0.15, -0.1) is 16.4 Å². The second-order valence-corrected chi connectivity index (χ2v) is 6.74. The fourth-order valence-electron chi connectivity index (χ4n) is 1.58. The third-order valence-electron chi connectivity index (χ3n) is 2.79. The number of thioether (sulfide) groups is 1. The third-order valence-corrected chi connectivity index (χ3v) is 4.63. The monoisotopic (exact) mass is 294 g/mol. The Morgan fingerprint density at radius 2 is 2.47 bits per heavy atom. The van der Waals surface area contributed by atoms with Crippen LogP contribution in [-0.4, -0.2) is 32.4 Å². The number of thiophene rings is 1. The molecule has 5 nitrogen and oxygen atoms in total. The van der Waals surface area contributed by atoms with Crippen molar-refractivity contribution in [3.05, 3.63) is 17.5 Å². The molecule has 2 N–H and O–H groups in total. The Bertz CT molecular complexity index is 562. The first-order valence-corrected chi connectivity index (χ1v) is 7.91. The number of hydrogen-bond donors (Lipinski definition) is 2. The zero-order chi connectivity index (χ0) is 13.2. The molecule has 0 unspecified atom stereocenters. The van der Waals surface area contributed by atoms with Gasteiger partial charge in [-0.1, -0.05) is 17.8 Å². The van der Waals surface area contributed by atoms with Crippen LogP contribution in [0.3, 0.4) is 0 Å². The molecule has 0 aromatic carbocycles. The van der Waals surface area contributed by atoms with Gasteiger partial charge in [0, 0.05) is 6.04 Å². The molecule has 0 spiro atoms. The number of H-pyrrole nitrogens is 1. The Hall–Kier alpha value is -1.34. The van der Waals surface area contributed by atoms with Crippen molar-refractivity contribution in [2.75, 3.05) is 0 Å². The highest BCUT2D eigenvalue weighted by Gasteiger charge is 2.26. The number of amides is 1. The normalized spacial score (nSPS) is 16.3. The largest absolute Gasteiger partial charge is 0.352 e.